The Morgan fingerprint density at radius 2 is 1.79 bits per heavy atom. The standard InChI is InChI=1S/C25H21ClFN5O/c26-19-10-23-18(13-29-25(23)30-14-19)9-21-11-24(28-12-16-1-5-20(27)6-2-16)31-32(21)15-17-3-7-22(33)8-4-17/h1-8,10-11,13-14,33H,9,12,15H2,(H,28,31)(H,29,30). The van der Waals surface area contributed by atoms with Crippen LogP contribution in [-0.4, -0.2) is 24.9 Å². The SMILES string of the molecule is Oc1ccc(Cn2nc(NCc3ccc(F)cc3)cc2Cc2c[nH]c3ncc(Cl)cc23)cc1. The minimum absolute atomic E-state index is 0.226. The first-order valence-corrected chi connectivity index (χ1v) is 10.9. The van der Waals surface area contributed by atoms with Gasteiger partial charge in [0.2, 0.25) is 0 Å². The van der Waals surface area contributed by atoms with Gasteiger partial charge in [-0.2, -0.15) is 5.10 Å². The highest BCUT2D eigenvalue weighted by Crippen LogP contribution is 2.24. The molecule has 6 nitrogen and oxygen atoms in total. The lowest BCUT2D eigenvalue weighted by molar-refractivity contribution is 0.475. The van der Waals surface area contributed by atoms with E-state index in [1.807, 2.05) is 35.1 Å². The number of phenols is 1. The number of halogens is 2. The van der Waals surface area contributed by atoms with E-state index >= 15 is 0 Å². The monoisotopic (exact) mass is 461 g/mol. The number of benzene rings is 2. The van der Waals surface area contributed by atoms with Crippen LogP contribution in [0.25, 0.3) is 11.0 Å². The largest absolute Gasteiger partial charge is 0.508 e. The average molecular weight is 462 g/mol. The molecule has 0 aliphatic rings. The third kappa shape index (κ3) is 4.83. The quantitative estimate of drug-likeness (QED) is 0.298. The molecule has 0 radical (unpaired) electrons. The Morgan fingerprint density at radius 1 is 1.03 bits per heavy atom. The summed E-state index contributed by atoms with van der Waals surface area (Å²) in [6.45, 7) is 1.08. The summed E-state index contributed by atoms with van der Waals surface area (Å²) in [5.74, 6) is 0.695. The fourth-order valence-corrected chi connectivity index (χ4v) is 3.92. The van der Waals surface area contributed by atoms with Gasteiger partial charge in [-0.1, -0.05) is 35.9 Å². The Balaban J connectivity index is 1.43. The van der Waals surface area contributed by atoms with Crippen molar-refractivity contribution in [1.82, 2.24) is 19.7 Å². The topological polar surface area (TPSA) is 78.8 Å². The fourth-order valence-electron chi connectivity index (χ4n) is 3.76. The molecule has 0 bridgehead atoms. The van der Waals surface area contributed by atoms with Crippen molar-refractivity contribution in [3.05, 3.63) is 106 Å². The van der Waals surface area contributed by atoms with E-state index in [0.717, 1.165) is 39.2 Å². The maximum atomic E-state index is 13.2. The van der Waals surface area contributed by atoms with Gasteiger partial charge in [0.15, 0.2) is 0 Å². The molecule has 2 aromatic carbocycles. The van der Waals surface area contributed by atoms with E-state index < -0.39 is 0 Å². The predicted octanol–water partition coefficient (Wildman–Crippen LogP) is 5.51. The first-order chi connectivity index (χ1) is 16.0. The second-order valence-corrected chi connectivity index (χ2v) is 8.30. The molecule has 5 aromatic rings. The number of aromatic nitrogens is 4. The van der Waals surface area contributed by atoms with E-state index in [1.54, 1.807) is 30.5 Å². The Hall–Kier alpha value is -3.84. The number of fused-ring (bicyclic) bond motifs is 1. The number of phenolic OH excluding ortho intramolecular Hbond substituents is 1. The summed E-state index contributed by atoms with van der Waals surface area (Å²) in [4.78, 5) is 7.54. The zero-order chi connectivity index (χ0) is 22.8. The van der Waals surface area contributed by atoms with E-state index in [-0.39, 0.29) is 11.6 Å². The van der Waals surface area contributed by atoms with Crippen LogP contribution in [0.2, 0.25) is 5.02 Å². The van der Waals surface area contributed by atoms with Gasteiger partial charge in [0.1, 0.15) is 23.0 Å². The molecule has 3 N–H and O–H groups in total. The normalized spacial score (nSPS) is 11.2. The molecule has 0 saturated carbocycles. The zero-order valence-electron chi connectivity index (χ0n) is 17.6. The summed E-state index contributed by atoms with van der Waals surface area (Å²) in [6.07, 6.45) is 4.19. The number of hydrogen-bond acceptors (Lipinski definition) is 4. The summed E-state index contributed by atoms with van der Waals surface area (Å²) in [6, 6.07) is 17.4. The molecule has 0 aliphatic carbocycles. The second-order valence-electron chi connectivity index (χ2n) is 7.87. The molecule has 5 rings (SSSR count). The van der Waals surface area contributed by atoms with Crippen LogP contribution in [0.3, 0.4) is 0 Å². The molecule has 8 heteroatoms. The van der Waals surface area contributed by atoms with Crippen LogP contribution in [0.4, 0.5) is 10.2 Å². The molecule has 33 heavy (non-hydrogen) atoms. The fraction of sp³-hybridized carbons (Fsp3) is 0.120. The molecular weight excluding hydrogens is 441 g/mol. The van der Waals surface area contributed by atoms with Gasteiger partial charge < -0.3 is 15.4 Å². The number of aromatic hydroxyl groups is 1. The molecule has 3 heterocycles. The number of H-pyrrole nitrogens is 1. The van der Waals surface area contributed by atoms with Crippen LogP contribution in [0.15, 0.2) is 73.1 Å². The Bertz CT molecular complexity index is 1390. The summed E-state index contributed by atoms with van der Waals surface area (Å²) in [7, 11) is 0. The van der Waals surface area contributed by atoms with Gasteiger partial charge in [0.05, 0.1) is 11.6 Å². The highest BCUT2D eigenvalue weighted by molar-refractivity contribution is 6.31. The summed E-state index contributed by atoms with van der Waals surface area (Å²) in [5.41, 5.74) is 4.84. The van der Waals surface area contributed by atoms with E-state index in [9.17, 15) is 9.50 Å². The first kappa shape index (κ1) is 21.0. The minimum atomic E-state index is -0.257. The van der Waals surface area contributed by atoms with Gasteiger partial charge in [-0.15, -0.1) is 0 Å². The Morgan fingerprint density at radius 3 is 2.58 bits per heavy atom. The van der Waals surface area contributed by atoms with Crippen molar-refractivity contribution in [2.45, 2.75) is 19.5 Å². The van der Waals surface area contributed by atoms with Crippen molar-refractivity contribution in [2.24, 2.45) is 0 Å². The third-order valence-electron chi connectivity index (χ3n) is 5.47. The number of nitrogens with one attached hydrogen (secondary N) is 2. The number of aromatic amines is 1. The first-order valence-electron chi connectivity index (χ1n) is 10.5. The van der Waals surface area contributed by atoms with Gasteiger partial charge in [-0.3, -0.25) is 4.68 Å². The molecule has 0 spiro atoms. The highest BCUT2D eigenvalue weighted by Gasteiger charge is 2.13. The van der Waals surface area contributed by atoms with Crippen molar-refractivity contribution in [3.8, 4) is 5.75 Å². The van der Waals surface area contributed by atoms with E-state index in [0.29, 0.717) is 24.5 Å². The van der Waals surface area contributed by atoms with Crippen LogP contribution in [0.1, 0.15) is 22.4 Å². The smallest absolute Gasteiger partial charge is 0.148 e. The molecular formula is C25H21ClFN5O. The molecule has 0 atom stereocenters. The molecule has 0 unspecified atom stereocenters. The lowest BCUT2D eigenvalue weighted by Gasteiger charge is -2.08. The molecule has 0 aliphatic heterocycles. The van der Waals surface area contributed by atoms with Crippen molar-refractivity contribution in [3.63, 3.8) is 0 Å². The number of hydrogen-bond donors (Lipinski definition) is 3. The van der Waals surface area contributed by atoms with Crippen molar-refractivity contribution < 1.29 is 9.50 Å². The highest BCUT2D eigenvalue weighted by atomic mass is 35.5. The van der Waals surface area contributed by atoms with Gasteiger partial charge >= 0.3 is 0 Å². The van der Waals surface area contributed by atoms with Crippen molar-refractivity contribution in [1.29, 1.82) is 0 Å². The van der Waals surface area contributed by atoms with Gasteiger partial charge in [0, 0.05) is 42.5 Å². The second kappa shape index (κ2) is 8.96. The van der Waals surface area contributed by atoms with E-state index in [2.05, 4.69) is 15.3 Å². The number of pyridine rings is 1. The Kier molecular flexibility index (Phi) is 5.71. The van der Waals surface area contributed by atoms with Gasteiger partial charge in [0.25, 0.3) is 0 Å². The maximum Gasteiger partial charge on any atom is 0.148 e. The van der Waals surface area contributed by atoms with Crippen molar-refractivity contribution in [2.75, 3.05) is 5.32 Å². The van der Waals surface area contributed by atoms with Crippen molar-refractivity contribution >= 4 is 28.5 Å². The lowest BCUT2D eigenvalue weighted by atomic mass is 10.1. The maximum absolute atomic E-state index is 13.2. The number of rotatable bonds is 7. The summed E-state index contributed by atoms with van der Waals surface area (Å²) in [5, 5.41) is 19.2. The molecule has 166 valence electrons. The van der Waals surface area contributed by atoms with Gasteiger partial charge in [-0.05, 0) is 47.0 Å². The lowest BCUT2D eigenvalue weighted by Crippen LogP contribution is -2.07. The molecule has 0 amide bonds. The predicted molar refractivity (Wildman–Crippen MR) is 127 cm³/mol. The summed E-state index contributed by atoms with van der Waals surface area (Å²) >= 11 is 6.17. The minimum Gasteiger partial charge on any atom is -0.508 e. The molecule has 3 aromatic heterocycles. The summed E-state index contributed by atoms with van der Waals surface area (Å²) < 4.78 is 15.1. The average Bonchev–Trinajstić information content (AvgIpc) is 3.38. The van der Waals surface area contributed by atoms with Crippen LogP contribution in [0.5, 0.6) is 5.75 Å². The van der Waals surface area contributed by atoms with E-state index in [4.69, 9.17) is 16.7 Å². The van der Waals surface area contributed by atoms with Crippen LogP contribution < -0.4 is 5.32 Å². The molecule has 0 saturated heterocycles. The zero-order valence-corrected chi connectivity index (χ0v) is 18.4. The van der Waals surface area contributed by atoms with E-state index in [1.165, 1.54) is 12.1 Å². The number of anilines is 1. The van der Waals surface area contributed by atoms with Gasteiger partial charge in [-0.25, -0.2) is 9.37 Å². The van der Waals surface area contributed by atoms with Crippen LogP contribution in [-0.2, 0) is 19.5 Å². The Labute approximate surface area is 194 Å². The van der Waals surface area contributed by atoms with Crippen LogP contribution in [0, 0.1) is 5.82 Å². The third-order valence-corrected chi connectivity index (χ3v) is 5.68. The molecule has 0 fully saturated rings. The van der Waals surface area contributed by atoms with Crippen LogP contribution >= 0.6 is 11.6 Å². The number of nitrogens with zero attached hydrogens (tertiary/aromatic N) is 3.